The van der Waals surface area contributed by atoms with Gasteiger partial charge >= 0.3 is 0 Å². The molecule has 3 nitrogen and oxygen atoms in total. The lowest BCUT2D eigenvalue weighted by Crippen LogP contribution is -2.45. The highest BCUT2D eigenvalue weighted by molar-refractivity contribution is 5.15. The molecule has 1 aromatic rings. The van der Waals surface area contributed by atoms with Gasteiger partial charge in [-0.1, -0.05) is 30.3 Å². The summed E-state index contributed by atoms with van der Waals surface area (Å²) in [6, 6.07) is 12.9. The van der Waals surface area contributed by atoms with Crippen LogP contribution in [-0.4, -0.2) is 42.7 Å². The van der Waals surface area contributed by atoms with Crippen LogP contribution in [0.15, 0.2) is 30.3 Å². The summed E-state index contributed by atoms with van der Waals surface area (Å²) < 4.78 is 0. The lowest BCUT2D eigenvalue weighted by molar-refractivity contribution is 0.233. The van der Waals surface area contributed by atoms with Crippen molar-refractivity contribution in [3.05, 3.63) is 35.9 Å². The molecule has 0 spiro atoms. The monoisotopic (exact) mass is 287 g/mol. The van der Waals surface area contributed by atoms with Crippen molar-refractivity contribution in [2.24, 2.45) is 0 Å². The van der Waals surface area contributed by atoms with Crippen LogP contribution in [0.4, 0.5) is 0 Å². The van der Waals surface area contributed by atoms with E-state index in [1.807, 2.05) is 0 Å². The Balaban J connectivity index is 1.52. The number of nitrogens with zero attached hydrogens (tertiary/aromatic N) is 1. The molecule has 1 aromatic carbocycles. The van der Waals surface area contributed by atoms with Gasteiger partial charge < -0.3 is 10.6 Å². The third-order valence-electron chi connectivity index (χ3n) is 5.14. The van der Waals surface area contributed by atoms with E-state index < -0.39 is 0 Å². The SMILES string of the molecule is CC1C(NC2CCCNCC2)CCN1Cc1ccccc1. The van der Waals surface area contributed by atoms with E-state index in [2.05, 4.69) is 52.8 Å². The molecule has 0 saturated carbocycles. The molecule has 2 aliphatic rings. The van der Waals surface area contributed by atoms with Crippen LogP contribution in [0.25, 0.3) is 0 Å². The first-order chi connectivity index (χ1) is 10.3. The molecule has 116 valence electrons. The van der Waals surface area contributed by atoms with Crippen LogP contribution in [0.5, 0.6) is 0 Å². The maximum absolute atomic E-state index is 3.94. The Kier molecular flexibility index (Phi) is 5.28. The van der Waals surface area contributed by atoms with Crippen LogP contribution in [0, 0.1) is 0 Å². The second-order valence-electron chi connectivity index (χ2n) is 6.64. The van der Waals surface area contributed by atoms with Gasteiger partial charge in [0.05, 0.1) is 0 Å². The quantitative estimate of drug-likeness (QED) is 0.890. The predicted molar refractivity (Wildman–Crippen MR) is 88.4 cm³/mol. The van der Waals surface area contributed by atoms with E-state index in [1.165, 1.54) is 50.9 Å². The van der Waals surface area contributed by atoms with Crippen LogP contribution in [0.3, 0.4) is 0 Å². The Bertz CT molecular complexity index is 412. The van der Waals surface area contributed by atoms with Crippen LogP contribution < -0.4 is 10.6 Å². The van der Waals surface area contributed by atoms with Gasteiger partial charge in [0.15, 0.2) is 0 Å². The molecule has 2 fully saturated rings. The van der Waals surface area contributed by atoms with Gasteiger partial charge in [0.2, 0.25) is 0 Å². The number of hydrogen-bond donors (Lipinski definition) is 2. The molecule has 0 bridgehead atoms. The zero-order chi connectivity index (χ0) is 14.5. The number of nitrogens with one attached hydrogen (secondary N) is 2. The molecule has 2 saturated heterocycles. The van der Waals surface area contributed by atoms with Gasteiger partial charge in [-0.05, 0) is 51.3 Å². The number of benzene rings is 1. The zero-order valence-corrected chi connectivity index (χ0v) is 13.2. The smallest absolute Gasteiger partial charge is 0.0237 e. The molecule has 3 heteroatoms. The minimum Gasteiger partial charge on any atom is -0.317 e. The summed E-state index contributed by atoms with van der Waals surface area (Å²) in [5.41, 5.74) is 1.43. The van der Waals surface area contributed by atoms with Crippen LogP contribution >= 0.6 is 0 Å². The van der Waals surface area contributed by atoms with Gasteiger partial charge in [0.25, 0.3) is 0 Å². The van der Waals surface area contributed by atoms with E-state index in [0.29, 0.717) is 18.1 Å². The Hall–Kier alpha value is -0.900. The fourth-order valence-corrected chi connectivity index (χ4v) is 3.76. The maximum atomic E-state index is 3.94. The summed E-state index contributed by atoms with van der Waals surface area (Å²) in [4.78, 5) is 2.63. The largest absolute Gasteiger partial charge is 0.317 e. The van der Waals surface area contributed by atoms with Crippen molar-refractivity contribution in [2.45, 2.75) is 57.3 Å². The molecule has 3 atom stereocenters. The summed E-state index contributed by atoms with van der Waals surface area (Å²) in [5, 5.41) is 7.45. The van der Waals surface area contributed by atoms with E-state index in [4.69, 9.17) is 0 Å². The van der Waals surface area contributed by atoms with E-state index in [9.17, 15) is 0 Å². The Morgan fingerprint density at radius 1 is 1.14 bits per heavy atom. The van der Waals surface area contributed by atoms with Crippen molar-refractivity contribution in [3.63, 3.8) is 0 Å². The van der Waals surface area contributed by atoms with Crippen LogP contribution in [0.2, 0.25) is 0 Å². The lowest BCUT2D eigenvalue weighted by atomic mass is 10.0. The fourth-order valence-electron chi connectivity index (χ4n) is 3.76. The molecule has 3 rings (SSSR count). The van der Waals surface area contributed by atoms with Crippen molar-refractivity contribution >= 4 is 0 Å². The minimum atomic E-state index is 0.640. The van der Waals surface area contributed by atoms with Gasteiger partial charge in [-0.3, -0.25) is 4.90 Å². The summed E-state index contributed by atoms with van der Waals surface area (Å²) in [6.07, 6.45) is 5.21. The van der Waals surface area contributed by atoms with E-state index in [0.717, 1.165) is 6.54 Å². The zero-order valence-electron chi connectivity index (χ0n) is 13.2. The first kappa shape index (κ1) is 15.0. The first-order valence-electron chi connectivity index (χ1n) is 8.57. The van der Waals surface area contributed by atoms with E-state index in [-0.39, 0.29) is 0 Å². The summed E-state index contributed by atoms with van der Waals surface area (Å²) >= 11 is 0. The van der Waals surface area contributed by atoms with Gasteiger partial charge in [-0.25, -0.2) is 0 Å². The molecule has 0 aromatic heterocycles. The summed E-state index contributed by atoms with van der Waals surface area (Å²) in [6.45, 7) is 7.07. The lowest BCUT2D eigenvalue weighted by Gasteiger charge is -2.28. The van der Waals surface area contributed by atoms with Crippen molar-refractivity contribution in [2.75, 3.05) is 19.6 Å². The maximum Gasteiger partial charge on any atom is 0.0237 e. The standard InChI is InChI=1S/C18H29N3/c1-15-18(20-17-8-5-11-19-12-9-17)10-13-21(15)14-16-6-3-2-4-7-16/h2-4,6-7,15,17-20H,5,8-14H2,1H3. The second kappa shape index (κ2) is 7.39. The average molecular weight is 287 g/mol. The Morgan fingerprint density at radius 3 is 2.86 bits per heavy atom. The van der Waals surface area contributed by atoms with E-state index in [1.54, 1.807) is 0 Å². The molecule has 0 radical (unpaired) electrons. The van der Waals surface area contributed by atoms with Crippen molar-refractivity contribution in [1.29, 1.82) is 0 Å². The van der Waals surface area contributed by atoms with Crippen molar-refractivity contribution in [3.8, 4) is 0 Å². The van der Waals surface area contributed by atoms with Gasteiger partial charge in [-0.2, -0.15) is 0 Å². The van der Waals surface area contributed by atoms with Crippen molar-refractivity contribution in [1.82, 2.24) is 15.5 Å². The second-order valence-corrected chi connectivity index (χ2v) is 6.64. The predicted octanol–water partition coefficient (Wildman–Crippen LogP) is 2.38. The fraction of sp³-hybridized carbons (Fsp3) is 0.667. The molecule has 2 heterocycles. The number of hydrogen-bond acceptors (Lipinski definition) is 3. The highest BCUT2D eigenvalue weighted by atomic mass is 15.2. The number of rotatable bonds is 4. The minimum absolute atomic E-state index is 0.640. The number of likely N-dealkylation sites (tertiary alicyclic amines) is 1. The normalized spacial score (nSPS) is 31.2. The molecule has 0 amide bonds. The van der Waals surface area contributed by atoms with Crippen LogP contribution in [0.1, 0.15) is 38.2 Å². The van der Waals surface area contributed by atoms with Gasteiger partial charge in [0, 0.05) is 31.2 Å². The Morgan fingerprint density at radius 2 is 2.00 bits per heavy atom. The molecule has 2 aliphatic heterocycles. The molecular formula is C18H29N3. The third kappa shape index (κ3) is 4.06. The molecule has 21 heavy (non-hydrogen) atoms. The third-order valence-corrected chi connectivity index (χ3v) is 5.14. The average Bonchev–Trinajstić information content (AvgIpc) is 2.71. The molecule has 2 N–H and O–H groups in total. The van der Waals surface area contributed by atoms with Gasteiger partial charge in [0.1, 0.15) is 0 Å². The highest BCUT2D eigenvalue weighted by Crippen LogP contribution is 2.22. The highest BCUT2D eigenvalue weighted by Gasteiger charge is 2.31. The molecular weight excluding hydrogens is 258 g/mol. The van der Waals surface area contributed by atoms with Crippen LogP contribution in [-0.2, 0) is 6.54 Å². The van der Waals surface area contributed by atoms with Crippen molar-refractivity contribution < 1.29 is 0 Å². The topological polar surface area (TPSA) is 27.3 Å². The Labute approximate surface area is 129 Å². The molecule has 3 unspecified atom stereocenters. The summed E-state index contributed by atoms with van der Waals surface area (Å²) in [7, 11) is 0. The first-order valence-corrected chi connectivity index (χ1v) is 8.57. The summed E-state index contributed by atoms with van der Waals surface area (Å²) in [5.74, 6) is 0. The van der Waals surface area contributed by atoms with Gasteiger partial charge in [-0.15, -0.1) is 0 Å². The molecule has 0 aliphatic carbocycles. The van der Waals surface area contributed by atoms with E-state index >= 15 is 0 Å².